The van der Waals surface area contributed by atoms with E-state index in [1.807, 2.05) is 10.6 Å². The summed E-state index contributed by atoms with van der Waals surface area (Å²) in [5.41, 5.74) is 5.11. The molecule has 0 radical (unpaired) electrons. The van der Waals surface area contributed by atoms with Gasteiger partial charge < -0.3 is 21.1 Å². The van der Waals surface area contributed by atoms with Crippen molar-refractivity contribution in [1.82, 2.24) is 19.5 Å². The van der Waals surface area contributed by atoms with Crippen LogP contribution < -0.4 is 16.4 Å². The molecule has 1 saturated heterocycles. The summed E-state index contributed by atoms with van der Waals surface area (Å²) < 4.78 is 90.5. The lowest BCUT2D eigenvalue weighted by atomic mass is 10.0. The van der Waals surface area contributed by atoms with Gasteiger partial charge in [0.2, 0.25) is 0 Å². The van der Waals surface area contributed by atoms with Gasteiger partial charge in [0, 0.05) is 36.8 Å². The molecule has 0 unspecified atom stereocenters. The van der Waals surface area contributed by atoms with Crippen LogP contribution in [-0.4, -0.2) is 51.8 Å². The summed E-state index contributed by atoms with van der Waals surface area (Å²) >= 11 is 0. The number of anilines is 3. The molecule has 1 aliphatic heterocycles. The molecule has 0 bridgehead atoms. The number of carbonyl (C=O) groups excluding carboxylic acids is 1. The first-order valence-corrected chi connectivity index (χ1v) is 12.3. The molecule has 1 aliphatic rings. The van der Waals surface area contributed by atoms with Gasteiger partial charge in [-0.15, -0.1) is 0 Å². The van der Waals surface area contributed by atoms with Crippen LogP contribution in [0, 0.1) is 24.4 Å². The minimum Gasteiger partial charge on any atom is -0.382 e. The Labute approximate surface area is 228 Å². The van der Waals surface area contributed by atoms with Crippen molar-refractivity contribution in [3.8, 4) is 11.1 Å². The highest BCUT2D eigenvalue weighted by atomic mass is 19.4. The van der Waals surface area contributed by atoms with Crippen molar-refractivity contribution in [3.63, 3.8) is 0 Å². The lowest BCUT2D eigenvalue weighted by molar-refractivity contribution is -0.137. The number of rotatable bonds is 5. The Kier molecular flexibility index (Phi) is 7.48. The number of carbonyl (C=O) groups is 1. The van der Waals surface area contributed by atoms with Gasteiger partial charge in [-0.2, -0.15) is 18.3 Å². The van der Waals surface area contributed by atoms with Gasteiger partial charge >= 0.3 is 12.2 Å². The largest absolute Gasteiger partial charge is 0.416 e. The van der Waals surface area contributed by atoms with E-state index < -0.39 is 46.6 Å². The van der Waals surface area contributed by atoms with Crippen molar-refractivity contribution in [1.29, 1.82) is 0 Å². The molecule has 15 heteroatoms. The zero-order chi connectivity index (χ0) is 29.5. The average molecular weight is 580 g/mol. The molecule has 4 aromatic rings. The van der Waals surface area contributed by atoms with Crippen LogP contribution in [0.5, 0.6) is 0 Å². The van der Waals surface area contributed by atoms with Crippen LogP contribution in [0.25, 0.3) is 16.6 Å². The predicted octanol–water partition coefficient (Wildman–Crippen LogP) is 5.20. The van der Waals surface area contributed by atoms with Gasteiger partial charge in [0.15, 0.2) is 5.82 Å². The minimum absolute atomic E-state index is 0.0378. The molecule has 1 fully saturated rings. The third kappa shape index (κ3) is 5.63. The second kappa shape index (κ2) is 10.9. The van der Waals surface area contributed by atoms with E-state index in [0.29, 0.717) is 68.4 Å². The number of nitrogen functional groups attached to an aromatic ring is 1. The molecule has 2 aromatic carbocycles. The lowest BCUT2D eigenvalue weighted by Gasteiger charge is -2.26. The zero-order valence-corrected chi connectivity index (χ0v) is 21.5. The molecule has 216 valence electrons. The summed E-state index contributed by atoms with van der Waals surface area (Å²) in [5.74, 6) is -3.12. The first kappa shape index (κ1) is 28.2. The van der Waals surface area contributed by atoms with E-state index >= 15 is 8.78 Å². The fraction of sp³-hybridized carbons (Fsp3) is 0.269. The molecule has 0 saturated carbocycles. The third-order valence-electron chi connectivity index (χ3n) is 6.71. The first-order valence-electron chi connectivity index (χ1n) is 12.3. The van der Waals surface area contributed by atoms with Crippen LogP contribution in [0.3, 0.4) is 0 Å². The van der Waals surface area contributed by atoms with Crippen molar-refractivity contribution >= 4 is 28.7 Å². The highest BCUT2D eigenvalue weighted by Crippen LogP contribution is 2.38. The van der Waals surface area contributed by atoms with Crippen LogP contribution in [0.2, 0.25) is 0 Å². The van der Waals surface area contributed by atoms with E-state index in [-0.39, 0.29) is 22.5 Å². The monoisotopic (exact) mass is 579 g/mol. The van der Waals surface area contributed by atoms with E-state index in [0.717, 1.165) is 6.07 Å². The summed E-state index contributed by atoms with van der Waals surface area (Å²) in [6.45, 7) is 4.59. The molecule has 41 heavy (non-hydrogen) atoms. The Balaban J connectivity index is 1.46. The van der Waals surface area contributed by atoms with Crippen molar-refractivity contribution in [3.05, 3.63) is 70.9 Å². The van der Waals surface area contributed by atoms with Crippen LogP contribution in [-0.2, 0) is 17.5 Å². The molecular formula is C26H23F6N7O2. The van der Waals surface area contributed by atoms with Gasteiger partial charge in [-0.3, -0.25) is 4.90 Å². The predicted molar refractivity (Wildman–Crippen MR) is 138 cm³/mol. The van der Waals surface area contributed by atoms with Crippen molar-refractivity contribution < 1.29 is 35.9 Å². The summed E-state index contributed by atoms with van der Waals surface area (Å²) in [5, 5.41) is 8.16. The molecule has 0 spiro atoms. The standard InChI is InChI=1S/C26H23F6N7O2/c1-13-21(11-38-4-6-41-7-5-38)39-23(24(33)34-12-35-39)22(13)15-9-18(29)20(10-17(15)28)37-25(40)36-19-8-14(26(30,31)32)2-3-16(19)27/h2-3,8-10,12H,4-7,11H2,1H3,(H2,33,34,35)(H2,36,37,40). The van der Waals surface area contributed by atoms with Gasteiger partial charge in [-0.25, -0.2) is 27.5 Å². The smallest absolute Gasteiger partial charge is 0.382 e. The Morgan fingerprint density at radius 1 is 1.02 bits per heavy atom. The van der Waals surface area contributed by atoms with Gasteiger partial charge in [0.05, 0.1) is 35.8 Å². The minimum atomic E-state index is -4.79. The van der Waals surface area contributed by atoms with E-state index in [9.17, 15) is 22.4 Å². The summed E-state index contributed by atoms with van der Waals surface area (Å²) in [4.78, 5) is 18.5. The fourth-order valence-corrected chi connectivity index (χ4v) is 4.68. The van der Waals surface area contributed by atoms with E-state index in [1.54, 1.807) is 6.92 Å². The van der Waals surface area contributed by atoms with Gasteiger partial charge in [-0.1, -0.05) is 0 Å². The number of nitrogens with two attached hydrogens (primary N) is 1. The Hall–Kier alpha value is -4.37. The SMILES string of the molecule is Cc1c(-c2cc(F)c(NC(=O)Nc3cc(C(F)(F)F)ccc3F)cc2F)c2c(N)ncnn2c1CN1CCOCC1. The highest BCUT2D eigenvalue weighted by molar-refractivity contribution is 6.00. The topological polar surface area (TPSA) is 110 Å². The van der Waals surface area contributed by atoms with E-state index in [4.69, 9.17) is 10.5 Å². The number of aromatic nitrogens is 3. The van der Waals surface area contributed by atoms with E-state index in [1.165, 1.54) is 10.8 Å². The maximum atomic E-state index is 15.5. The molecule has 0 aliphatic carbocycles. The summed E-state index contributed by atoms with van der Waals surface area (Å²) in [6.07, 6.45) is -3.53. The summed E-state index contributed by atoms with van der Waals surface area (Å²) in [6, 6.07) is 1.69. The lowest BCUT2D eigenvalue weighted by Crippen LogP contribution is -2.36. The number of nitrogens with one attached hydrogen (secondary N) is 2. The van der Waals surface area contributed by atoms with Crippen LogP contribution >= 0.6 is 0 Å². The molecule has 9 nitrogen and oxygen atoms in total. The Morgan fingerprint density at radius 3 is 2.39 bits per heavy atom. The first-order chi connectivity index (χ1) is 19.4. The number of morpholine rings is 1. The van der Waals surface area contributed by atoms with Crippen molar-refractivity contribution in [2.24, 2.45) is 0 Å². The quantitative estimate of drug-likeness (QED) is 0.281. The maximum absolute atomic E-state index is 15.5. The van der Waals surface area contributed by atoms with Crippen molar-refractivity contribution in [2.45, 2.75) is 19.6 Å². The molecule has 2 aromatic heterocycles. The number of alkyl halides is 3. The average Bonchev–Trinajstić information content (AvgIpc) is 3.19. The number of ether oxygens (including phenoxy) is 1. The van der Waals surface area contributed by atoms with E-state index in [2.05, 4.69) is 15.0 Å². The number of hydrogen-bond acceptors (Lipinski definition) is 6. The van der Waals surface area contributed by atoms with Gasteiger partial charge in [0.25, 0.3) is 0 Å². The third-order valence-corrected chi connectivity index (χ3v) is 6.71. The molecular weight excluding hydrogens is 556 g/mol. The molecule has 2 amide bonds. The number of halogens is 6. The normalized spacial score (nSPS) is 14.4. The Morgan fingerprint density at radius 2 is 1.71 bits per heavy atom. The number of urea groups is 1. The molecule has 0 atom stereocenters. The highest BCUT2D eigenvalue weighted by Gasteiger charge is 2.31. The zero-order valence-electron chi connectivity index (χ0n) is 21.5. The Bertz CT molecular complexity index is 1630. The molecule has 4 N–H and O–H groups in total. The maximum Gasteiger partial charge on any atom is 0.416 e. The van der Waals surface area contributed by atoms with Gasteiger partial charge in [0.1, 0.15) is 29.3 Å². The second-order valence-electron chi connectivity index (χ2n) is 9.32. The van der Waals surface area contributed by atoms with Crippen LogP contribution in [0.4, 0.5) is 48.3 Å². The number of hydrogen-bond donors (Lipinski definition) is 3. The molecule has 5 rings (SSSR count). The number of nitrogens with zero attached hydrogens (tertiary/aromatic N) is 4. The number of fused-ring (bicyclic) bond motifs is 1. The van der Waals surface area contributed by atoms with Gasteiger partial charge in [-0.05, 0) is 36.8 Å². The van der Waals surface area contributed by atoms with Crippen molar-refractivity contribution in [2.75, 3.05) is 42.7 Å². The molecule has 3 heterocycles. The number of benzene rings is 2. The summed E-state index contributed by atoms with van der Waals surface area (Å²) in [7, 11) is 0. The number of amides is 2. The second-order valence-corrected chi connectivity index (χ2v) is 9.32. The van der Waals surface area contributed by atoms with Crippen LogP contribution in [0.15, 0.2) is 36.7 Å². The fourth-order valence-electron chi connectivity index (χ4n) is 4.68. The van der Waals surface area contributed by atoms with Crippen LogP contribution in [0.1, 0.15) is 16.8 Å².